The fraction of sp³-hybridized carbons (Fsp3) is 0.188. The van der Waals surface area contributed by atoms with E-state index >= 15 is 0 Å². The number of carbonyl (C=O) groups is 1. The molecule has 0 bridgehead atoms. The number of aryl methyl sites for hydroxylation is 1. The summed E-state index contributed by atoms with van der Waals surface area (Å²) < 4.78 is 27.1. The molecule has 2 aromatic heterocycles. The second kappa shape index (κ2) is 6.64. The van der Waals surface area contributed by atoms with Crippen molar-refractivity contribution in [3.63, 3.8) is 0 Å². The Morgan fingerprint density at radius 3 is 2.58 bits per heavy atom. The highest BCUT2D eigenvalue weighted by atomic mass is 32.2. The summed E-state index contributed by atoms with van der Waals surface area (Å²) >= 11 is 2.61. The van der Waals surface area contributed by atoms with Gasteiger partial charge in [-0.2, -0.15) is 0 Å². The van der Waals surface area contributed by atoms with Gasteiger partial charge < -0.3 is 5.32 Å². The van der Waals surface area contributed by atoms with Gasteiger partial charge in [0.05, 0.1) is 11.4 Å². The SMILES string of the molecule is CNS(=O)(=O)c1ccc(CNC(=O)c2sc3ccccc3c2C)s1. The molecule has 2 heterocycles. The highest BCUT2D eigenvalue weighted by Crippen LogP contribution is 2.30. The smallest absolute Gasteiger partial charge is 0.261 e. The molecular weight excluding hydrogens is 364 g/mol. The van der Waals surface area contributed by atoms with E-state index in [0.717, 1.165) is 31.9 Å². The first-order valence-corrected chi connectivity index (χ1v) is 10.3. The quantitative estimate of drug-likeness (QED) is 0.714. The van der Waals surface area contributed by atoms with Crippen molar-refractivity contribution in [3.8, 4) is 0 Å². The van der Waals surface area contributed by atoms with Gasteiger partial charge in [0, 0.05) is 9.58 Å². The molecule has 0 radical (unpaired) electrons. The van der Waals surface area contributed by atoms with Gasteiger partial charge in [0.2, 0.25) is 10.0 Å². The maximum absolute atomic E-state index is 12.4. The molecule has 0 spiro atoms. The predicted molar refractivity (Wildman–Crippen MR) is 98.3 cm³/mol. The highest BCUT2D eigenvalue weighted by Gasteiger charge is 2.17. The first-order chi connectivity index (χ1) is 11.4. The van der Waals surface area contributed by atoms with E-state index in [0.29, 0.717) is 11.4 Å². The number of hydrogen-bond acceptors (Lipinski definition) is 5. The number of benzene rings is 1. The zero-order valence-corrected chi connectivity index (χ0v) is 15.6. The van der Waals surface area contributed by atoms with E-state index < -0.39 is 10.0 Å². The summed E-state index contributed by atoms with van der Waals surface area (Å²) in [6.45, 7) is 2.24. The van der Waals surface area contributed by atoms with E-state index in [9.17, 15) is 13.2 Å². The second-order valence-electron chi connectivity index (χ2n) is 5.16. The van der Waals surface area contributed by atoms with Crippen LogP contribution in [-0.2, 0) is 16.6 Å². The molecule has 0 aliphatic carbocycles. The Hall–Kier alpha value is -1.74. The van der Waals surface area contributed by atoms with E-state index in [-0.39, 0.29) is 10.1 Å². The lowest BCUT2D eigenvalue weighted by molar-refractivity contribution is 0.0955. The molecule has 0 atom stereocenters. The number of nitrogens with one attached hydrogen (secondary N) is 2. The van der Waals surface area contributed by atoms with Crippen LogP contribution in [-0.4, -0.2) is 21.4 Å². The Balaban J connectivity index is 1.75. The number of rotatable bonds is 5. The van der Waals surface area contributed by atoms with Gasteiger partial charge >= 0.3 is 0 Å². The van der Waals surface area contributed by atoms with Crippen LogP contribution in [0.25, 0.3) is 10.1 Å². The van der Waals surface area contributed by atoms with Crippen LogP contribution in [0, 0.1) is 6.92 Å². The van der Waals surface area contributed by atoms with Crippen LogP contribution in [0.3, 0.4) is 0 Å². The van der Waals surface area contributed by atoms with E-state index in [4.69, 9.17) is 0 Å². The number of carbonyl (C=O) groups excluding carboxylic acids is 1. The van der Waals surface area contributed by atoms with Crippen molar-refractivity contribution in [2.75, 3.05) is 7.05 Å². The zero-order chi connectivity index (χ0) is 17.3. The fourth-order valence-corrected chi connectivity index (χ4v) is 5.60. The summed E-state index contributed by atoms with van der Waals surface area (Å²) in [7, 11) is -2.06. The van der Waals surface area contributed by atoms with Crippen molar-refractivity contribution < 1.29 is 13.2 Å². The van der Waals surface area contributed by atoms with Gasteiger partial charge in [0.15, 0.2) is 0 Å². The number of fused-ring (bicyclic) bond motifs is 1. The molecule has 5 nitrogen and oxygen atoms in total. The third-order valence-corrected chi connectivity index (χ3v) is 7.91. The van der Waals surface area contributed by atoms with Gasteiger partial charge in [-0.15, -0.1) is 22.7 Å². The Kier molecular flexibility index (Phi) is 4.73. The maximum Gasteiger partial charge on any atom is 0.261 e. The Morgan fingerprint density at radius 2 is 1.88 bits per heavy atom. The molecule has 126 valence electrons. The van der Waals surface area contributed by atoms with E-state index in [1.807, 2.05) is 31.2 Å². The standard InChI is InChI=1S/C16H16N2O3S3/c1-10-12-5-3-4-6-13(12)23-15(10)16(19)18-9-11-7-8-14(22-11)24(20,21)17-2/h3-8,17H,9H2,1-2H3,(H,18,19). The molecule has 0 saturated heterocycles. The summed E-state index contributed by atoms with van der Waals surface area (Å²) in [6, 6.07) is 11.2. The average Bonchev–Trinajstić information content (AvgIpc) is 3.19. The van der Waals surface area contributed by atoms with Gasteiger partial charge in [-0.1, -0.05) is 18.2 Å². The van der Waals surface area contributed by atoms with Crippen molar-refractivity contribution in [2.24, 2.45) is 0 Å². The molecule has 0 fully saturated rings. The molecular formula is C16H16N2O3S3. The van der Waals surface area contributed by atoms with E-state index in [1.54, 1.807) is 12.1 Å². The molecule has 3 aromatic rings. The first-order valence-electron chi connectivity index (χ1n) is 7.21. The minimum atomic E-state index is -3.43. The molecule has 0 saturated carbocycles. The largest absolute Gasteiger partial charge is 0.346 e. The Labute approximate surface area is 148 Å². The Morgan fingerprint density at radius 1 is 1.12 bits per heavy atom. The van der Waals surface area contributed by atoms with E-state index in [2.05, 4.69) is 10.0 Å². The fourth-order valence-electron chi connectivity index (χ4n) is 2.34. The van der Waals surface area contributed by atoms with Crippen LogP contribution in [0.5, 0.6) is 0 Å². The molecule has 0 unspecified atom stereocenters. The lowest BCUT2D eigenvalue weighted by atomic mass is 10.1. The number of hydrogen-bond donors (Lipinski definition) is 2. The first kappa shape index (κ1) is 17.1. The van der Waals surface area contributed by atoms with Gasteiger partial charge in [-0.05, 0) is 43.1 Å². The maximum atomic E-state index is 12.4. The van der Waals surface area contributed by atoms with Crippen LogP contribution >= 0.6 is 22.7 Å². The van der Waals surface area contributed by atoms with Crippen LogP contribution in [0.4, 0.5) is 0 Å². The number of amides is 1. The highest BCUT2D eigenvalue weighted by molar-refractivity contribution is 7.91. The third-order valence-electron chi connectivity index (χ3n) is 3.64. The Bertz CT molecular complexity index is 1000. The summed E-state index contributed by atoms with van der Waals surface area (Å²) in [5.41, 5.74) is 0.970. The van der Waals surface area contributed by atoms with Gasteiger partial charge in [0.25, 0.3) is 5.91 Å². The summed E-state index contributed by atoms with van der Waals surface area (Å²) in [4.78, 5) is 13.9. The van der Waals surface area contributed by atoms with Crippen LogP contribution in [0.2, 0.25) is 0 Å². The van der Waals surface area contributed by atoms with Crippen molar-refractivity contribution >= 4 is 48.7 Å². The van der Waals surface area contributed by atoms with Crippen molar-refractivity contribution in [3.05, 3.63) is 51.7 Å². The lowest BCUT2D eigenvalue weighted by Crippen LogP contribution is -2.22. The van der Waals surface area contributed by atoms with E-state index in [1.165, 1.54) is 18.4 Å². The van der Waals surface area contributed by atoms with Crippen molar-refractivity contribution in [1.29, 1.82) is 0 Å². The third kappa shape index (κ3) is 3.23. The predicted octanol–water partition coefficient (Wildman–Crippen LogP) is 3.11. The molecule has 0 aliphatic heterocycles. The summed E-state index contributed by atoms with van der Waals surface area (Å²) in [5.74, 6) is -0.139. The molecule has 8 heteroatoms. The molecule has 2 N–H and O–H groups in total. The van der Waals surface area contributed by atoms with Crippen LogP contribution in [0.1, 0.15) is 20.1 Å². The topological polar surface area (TPSA) is 75.3 Å². The minimum Gasteiger partial charge on any atom is -0.346 e. The molecule has 0 aliphatic rings. The van der Waals surface area contributed by atoms with Crippen molar-refractivity contribution in [2.45, 2.75) is 17.7 Å². The molecule has 1 aromatic carbocycles. The molecule has 1 amide bonds. The molecule has 24 heavy (non-hydrogen) atoms. The lowest BCUT2D eigenvalue weighted by Gasteiger charge is -2.03. The monoisotopic (exact) mass is 380 g/mol. The van der Waals surface area contributed by atoms with Gasteiger partial charge in [-0.3, -0.25) is 4.79 Å². The average molecular weight is 381 g/mol. The number of thiophene rings is 2. The summed E-state index contributed by atoms with van der Waals surface area (Å²) in [6.07, 6.45) is 0. The molecule has 3 rings (SSSR count). The number of sulfonamides is 1. The summed E-state index contributed by atoms with van der Waals surface area (Å²) in [5, 5.41) is 3.96. The minimum absolute atomic E-state index is 0.139. The zero-order valence-electron chi connectivity index (χ0n) is 13.1. The van der Waals surface area contributed by atoms with Crippen molar-refractivity contribution in [1.82, 2.24) is 10.0 Å². The van der Waals surface area contributed by atoms with Crippen LogP contribution in [0.15, 0.2) is 40.6 Å². The van der Waals surface area contributed by atoms with Gasteiger partial charge in [0.1, 0.15) is 4.21 Å². The van der Waals surface area contributed by atoms with Crippen LogP contribution < -0.4 is 10.0 Å². The second-order valence-corrected chi connectivity index (χ2v) is 9.50. The normalized spacial score (nSPS) is 11.8. The van der Waals surface area contributed by atoms with Gasteiger partial charge in [-0.25, -0.2) is 13.1 Å².